The fourth-order valence-electron chi connectivity index (χ4n) is 4.66. The maximum absolute atomic E-state index is 12.9. The first-order valence-corrected chi connectivity index (χ1v) is 11.3. The third-order valence-electron chi connectivity index (χ3n) is 6.60. The summed E-state index contributed by atoms with van der Waals surface area (Å²) in [7, 11) is 0. The van der Waals surface area contributed by atoms with Crippen LogP contribution < -0.4 is 20.1 Å². The molecule has 1 aromatic rings. The van der Waals surface area contributed by atoms with Crippen LogP contribution in [-0.4, -0.2) is 60.6 Å². The summed E-state index contributed by atoms with van der Waals surface area (Å²) in [6, 6.07) is 4.45. The van der Waals surface area contributed by atoms with E-state index in [-0.39, 0.29) is 12.0 Å². The summed E-state index contributed by atoms with van der Waals surface area (Å²) in [6.07, 6.45) is 3.25. The van der Waals surface area contributed by atoms with E-state index < -0.39 is 42.5 Å². The van der Waals surface area contributed by atoms with Gasteiger partial charge in [0.2, 0.25) is 0 Å². The molecule has 2 aliphatic heterocycles. The minimum atomic E-state index is -0.938. The molecule has 33 heavy (non-hydrogen) atoms. The fourth-order valence-corrected chi connectivity index (χ4v) is 4.66. The van der Waals surface area contributed by atoms with E-state index in [1.165, 1.54) is 0 Å². The van der Waals surface area contributed by atoms with Crippen LogP contribution in [0.4, 0.5) is 4.79 Å². The Labute approximate surface area is 191 Å². The molecule has 0 radical (unpaired) electrons. The molecule has 1 aromatic carbocycles. The monoisotopic (exact) mass is 459 g/mol. The Morgan fingerprint density at radius 1 is 1.24 bits per heavy atom. The standard InChI is InChI=1S/C23H29N3O7/c1-14-5-3-4-8-23(14)21(29)26(22(30)25-23)12-20(28)33-13-19(27)24-15(2)16-6-7-17-18(11-16)32-10-9-31-17/h6-7,11,14-15H,3-5,8-10,12-13H2,1-2H3,(H,24,27)(H,25,30). The van der Waals surface area contributed by atoms with Crippen molar-refractivity contribution in [2.75, 3.05) is 26.4 Å². The van der Waals surface area contributed by atoms with E-state index in [1.807, 2.05) is 13.0 Å². The predicted molar refractivity (Wildman–Crippen MR) is 116 cm³/mol. The van der Waals surface area contributed by atoms with Crippen molar-refractivity contribution in [3.05, 3.63) is 23.8 Å². The van der Waals surface area contributed by atoms with Crippen molar-refractivity contribution in [3.63, 3.8) is 0 Å². The zero-order chi connectivity index (χ0) is 23.6. The van der Waals surface area contributed by atoms with E-state index in [0.29, 0.717) is 31.1 Å². The van der Waals surface area contributed by atoms with Gasteiger partial charge in [-0.25, -0.2) is 4.79 Å². The normalized spacial score (nSPS) is 24.9. The van der Waals surface area contributed by atoms with Crippen molar-refractivity contribution >= 4 is 23.8 Å². The lowest BCUT2D eigenvalue weighted by Crippen LogP contribution is -2.54. The van der Waals surface area contributed by atoms with Crippen molar-refractivity contribution in [3.8, 4) is 11.5 Å². The van der Waals surface area contributed by atoms with E-state index in [2.05, 4.69) is 10.6 Å². The molecule has 3 atom stereocenters. The highest BCUT2D eigenvalue weighted by Gasteiger charge is 2.55. The second-order valence-corrected chi connectivity index (χ2v) is 8.79. The fraction of sp³-hybridized carbons (Fsp3) is 0.565. The zero-order valence-electron chi connectivity index (χ0n) is 18.8. The summed E-state index contributed by atoms with van der Waals surface area (Å²) in [4.78, 5) is 50.7. The maximum Gasteiger partial charge on any atom is 0.326 e. The Morgan fingerprint density at radius 2 is 2.00 bits per heavy atom. The quantitative estimate of drug-likeness (QED) is 0.490. The number of hydrogen-bond acceptors (Lipinski definition) is 7. The molecule has 2 fully saturated rings. The minimum absolute atomic E-state index is 0.00320. The highest BCUT2D eigenvalue weighted by molar-refractivity contribution is 6.09. The molecule has 1 spiro atoms. The van der Waals surface area contributed by atoms with E-state index >= 15 is 0 Å². The average molecular weight is 459 g/mol. The van der Waals surface area contributed by atoms with Crippen molar-refractivity contribution in [2.24, 2.45) is 5.92 Å². The molecule has 2 heterocycles. The van der Waals surface area contributed by atoms with E-state index in [0.717, 1.165) is 29.7 Å². The highest BCUT2D eigenvalue weighted by Crippen LogP contribution is 2.38. The summed E-state index contributed by atoms with van der Waals surface area (Å²) in [5.41, 5.74) is -0.128. The molecule has 3 aliphatic rings. The Bertz CT molecular complexity index is 965. The van der Waals surface area contributed by atoms with Gasteiger partial charge in [-0.3, -0.25) is 19.3 Å². The van der Waals surface area contributed by atoms with Gasteiger partial charge >= 0.3 is 12.0 Å². The molecule has 1 aliphatic carbocycles. The Morgan fingerprint density at radius 3 is 2.76 bits per heavy atom. The molecule has 178 valence electrons. The van der Waals surface area contributed by atoms with Gasteiger partial charge < -0.3 is 24.8 Å². The van der Waals surface area contributed by atoms with Crippen molar-refractivity contribution in [2.45, 2.75) is 51.1 Å². The maximum atomic E-state index is 12.9. The molecule has 1 saturated carbocycles. The number of nitrogens with one attached hydrogen (secondary N) is 2. The Hall–Kier alpha value is -3.30. The lowest BCUT2D eigenvalue weighted by Gasteiger charge is -2.36. The van der Waals surface area contributed by atoms with Crippen LogP contribution in [0.1, 0.15) is 51.1 Å². The van der Waals surface area contributed by atoms with Gasteiger partial charge in [0.15, 0.2) is 18.1 Å². The second-order valence-electron chi connectivity index (χ2n) is 8.79. The lowest BCUT2D eigenvalue weighted by atomic mass is 9.73. The first-order valence-electron chi connectivity index (χ1n) is 11.3. The highest BCUT2D eigenvalue weighted by atomic mass is 16.6. The molecule has 3 unspecified atom stereocenters. The Kier molecular flexibility index (Phi) is 6.44. The average Bonchev–Trinajstić information content (AvgIpc) is 3.04. The van der Waals surface area contributed by atoms with Crippen LogP contribution in [0.3, 0.4) is 0 Å². The van der Waals surface area contributed by atoms with Gasteiger partial charge in [0.25, 0.3) is 11.8 Å². The first-order chi connectivity index (χ1) is 15.8. The van der Waals surface area contributed by atoms with Crippen molar-refractivity contribution < 1.29 is 33.4 Å². The topological polar surface area (TPSA) is 123 Å². The largest absolute Gasteiger partial charge is 0.486 e. The van der Waals surface area contributed by atoms with Gasteiger partial charge in [-0.1, -0.05) is 25.8 Å². The molecule has 0 bridgehead atoms. The number of urea groups is 1. The van der Waals surface area contributed by atoms with Gasteiger partial charge in [0, 0.05) is 0 Å². The number of rotatable bonds is 6. The lowest BCUT2D eigenvalue weighted by molar-refractivity contribution is -0.151. The van der Waals surface area contributed by atoms with Crippen LogP contribution in [-0.2, 0) is 19.1 Å². The molecule has 4 rings (SSSR count). The second kappa shape index (κ2) is 9.29. The number of fused-ring (bicyclic) bond motifs is 1. The smallest absolute Gasteiger partial charge is 0.326 e. The zero-order valence-corrected chi connectivity index (χ0v) is 18.8. The molecule has 10 nitrogen and oxygen atoms in total. The number of esters is 1. The van der Waals surface area contributed by atoms with Gasteiger partial charge in [-0.2, -0.15) is 0 Å². The number of hydrogen-bond donors (Lipinski definition) is 2. The number of ether oxygens (including phenoxy) is 3. The van der Waals surface area contributed by atoms with Crippen LogP contribution in [0.15, 0.2) is 18.2 Å². The molecule has 10 heteroatoms. The molecule has 2 N–H and O–H groups in total. The van der Waals surface area contributed by atoms with Crippen LogP contribution >= 0.6 is 0 Å². The molecule has 0 aromatic heterocycles. The number of carbonyl (C=O) groups excluding carboxylic acids is 4. The summed E-state index contributed by atoms with van der Waals surface area (Å²) in [5, 5.41) is 5.54. The van der Waals surface area contributed by atoms with E-state index in [9.17, 15) is 19.2 Å². The summed E-state index contributed by atoms with van der Waals surface area (Å²) < 4.78 is 16.1. The van der Waals surface area contributed by atoms with Crippen LogP contribution in [0.2, 0.25) is 0 Å². The number of benzene rings is 1. The third-order valence-corrected chi connectivity index (χ3v) is 6.60. The van der Waals surface area contributed by atoms with Gasteiger partial charge in [-0.15, -0.1) is 0 Å². The minimum Gasteiger partial charge on any atom is -0.486 e. The van der Waals surface area contributed by atoms with Gasteiger partial charge in [0.05, 0.1) is 6.04 Å². The third kappa shape index (κ3) is 4.60. The predicted octanol–water partition coefficient (Wildman–Crippen LogP) is 1.68. The van der Waals surface area contributed by atoms with Crippen molar-refractivity contribution in [1.82, 2.24) is 15.5 Å². The van der Waals surface area contributed by atoms with Crippen LogP contribution in [0.5, 0.6) is 11.5 Å². The van der Waals surface area contributed by atoms with Gasteiger partial charge in [-0.05, 0) is 43.4 Å². The molecule has 4 amide bonds. The summed E-state index contributed by atoms with van der Waals surface area (Å²) >= 11 is 0. The number of carbonyl (C=O) groups is 4. The number of imide groups is 1. The van der Waals surface area contributed by atoms with Crippen molar-refractivity contribution in [1.29, 1.82) is 0 Å². The van der Waals surface area contributed by atoms with E-state index in [1.54, 1.807) is 19.1 Å². The Balaban J connectivity index is 1.27. The molecule has 1 saturated heterocycles. The molecular formula is C23H29N3O7. The van der Waals surface area contributed by atoms with Gasteiger partial charge in [0.1, 0.15) is 25.3 Å². The van der Waals surface area contributed by atoms with Crippen LogP contribution in [0.25, 0.3) is 0 Å². The number of amides is 4. The number of nitrogens with zero attached hydrogens (tertiary/aromatic N) is 1. The van der Waals surface area contributed by atoms with Crippen LogP contribution in [0, 0.1) is 5.92 Å². The molecular weight excluding hydrogens is 430 g/mol. The summed E-state index contributed by atoms with van der Waals surface area (Å²) in [5.74, 6) is -0.446. The van der Waals surface area contributed by atoms with E-state index in [4.69, 9.17) is 14.2 Å². The first kappa shape index (κ1) is 22.9. The SMILES string of the molecule is CC(NC(=O)COC(=O)CN1C(=O)NC2(CCCCC2C)C1=O)c1ccc2c(c1)OCCO2. The summed E-state index contributed by atoms with van der Waals surface area (Å²) in [6.45, 7) is 3.65.